The van der Waals surface area contributed by atoms with Crippen LogP contribution in [0, 0.1) is 0 Å². The molecule has 3 rings (SSSR count). The molecule has 0 bridgehead atoms. The molecular formula is C13H19NS. The lowest BCUT2D eigenvalue weighted by molar-refractivity contribution is 0.199. The Morgan fingerprint density at radius 1 is 1.33 bits per heavy atom. The van der Waals surface area contributed by atoms with Crippen LogP contribution in [0.1, 0.15) is 49.5 Å². The van der Waals surface area contributed by atoms with Gasteiger partial charge in [0.2, 0.25) is 0 Å². The van der Waals surface area contributed by atoms with E-state index < -0.39 is 0 Å². The first-order valence-corrected chi connectivity index (χ1v) is 7.03. The van der Waals surface area contributed by atoms with Crippen LogP contribution >= 0.6 is 11.3 Å². The SMILES string of the molecule is CC1Cc2sccc2C2(CCCCC2)N1. The highest BCUT2D eigenvalue weighted by Gasteiger charge is 2.39. The summed E-state index contributed by atoms with van der Waals surface area (Å²) in [5.74, 6) is 0. The molecule has 15 heavy (non-hydrogen) atoms. The highest BCUT2D eigenvalue weighted by molar-refractivity contribution is 7.10. The Kier molecular flexibility index (Phi) is 2.37. The molecule has 1 aliphatic carbocycles. The van der Waals surface area contributed by atoms with Crippen molar-refractivity contribution in [3.8, 4) is 0 Å². The van der Waals surface area contributed by atoms with E-state index >= 15 is 0 Å². The van der Waals surface area contributed by atoms with Gasteiger partial charge in [-0.2, -0.15) is 0 Å². The lowest BCUT2D eigenvalue weighted by atomic mass is 9.74. The van der Waals surface area contributed by atoms with Crippen LogP contribution in [0.25, 0.3) is 0 Å². The van der Waals surface area contributed by atoms with E-state index in [0.29, 0.717) is 11.6 Å². The summed E-state index contributed by atoms with van der Waals surface area (Å²) in [5, 5.41) is 6.16. The van der Waals surface area contributed by atoms with E-state index in [0.717, 1.165) is 0 Å². The minimum atomic E-state index is 0.352. The smallest absolute Gasteiger partial charge is 0.0447 e. The largest absolute Gasteiger partial charge is 0.304 e. The van der Waals surface area contributed by atoms with Crippen LogP contribution in [0.4, 0.5) is 0 Å². The summed E-state index contributed by atoms with van der Waals surface area (Å²) in [6.07, 6.45) is 8.15. The van der Waals surface area contributed by atoms with Gasteiger partial charge < -0.3 is 5.32 Å². The molecule has 82 valence electrons. The second-order valence-corrected chi connectivity index (χ2v) is 6.15. The lowest BCUT2D eigenvalue weighted by Crippen LogP contribution is -2.52. The van der Waals surface area contributed by atoms with Crippen molar-refractivity contribution in [1.29, 1.82) is 0 Å². The molecule has 1 spiro atoms. The minimum Gasteiger partial charge on any atom is -0.304 e. The van der Waals surface area contributed by atoms with Crippen LogP contribution in [0.2, 0.25) is 0 Å². The van der Waals surface area contributed by atoms with E-state index in [4.69, 9.17) is 0 Å². The zero-order chi connectivity index (χ0) is 10.3. The third kappa shape index (κ3) is 1.55. The number of fused-ring (bicyclic) bond motifs is 2. The molecule has 2 heteroatoms. The van der Waals surface area contributed by atoms with Crippen LogP contribution in [0.3, 0.4) is 0 Å². The zero-order valence-corrected chi connectivity index (χ0v) is 10.2. The Labute approximate surface area is 95.9 Å². The lowest BCUT2D eigenvalue weighted by Gasteiger charge is -2.44. The predicted octanol–water partition coefficient (Wildman–Crippen LogP) is 3.44. The molecule has 1 aromatic heterocycles. The Morgan fingerprint density at radius 2 is 2.13 bits per heavy atom. The molecule has 1 atom stereocenters. The van der Waals surface area contributed by atoms with Crippen molar-refractivity contribution >= 4 is 11.3 Å². The summed E-state index contributed by atoms with van der Waals surface area (Å²) < 4.78 is 0. The summed E-state index contributed by atoms with van der Waals surface area (Å²) in [4.78, 5) is 1.64. The van der Waals surface area contributed by atoms with Gasteiger partial charge in [0.05, 0.1) is 0 Å². The van der Waals surface area contributed by atoms with Crippen LogP contribution in [-0.2, 0) is 12.0 Å². The topological polar surface area (TPSA) is 12.0 Å². The van der Waals surface area contributed by atoms with Gasteiger partial charge in [0.15, 0.2) is 0 Å². The van der Waals surface area contributed by atoms with Crippen LogP contribution < -0.4 is 5.32 Å². The van der Waals surface area contributed by atoms with Gasteiger partial charge in [0, 0.05) is 16.5 Å². The third-order valence-corrected chi connectivity index (χ3v) is 4.93. The zero-order valence-electron chi connectivity index (χ0n) is 9.38. The fourth-order valence-electron chi connectivity index (χ4n) is 3.37. The molecule has 1 fully saturated rings. The first-order chi connectivity index (χ1) is 7.30. The highest BCUT2D eigenvalue weighted by Crippen LogP contribution is 2.43. The molecule has 0 amide bonds. The van der Waals surface area contributed by atoms with E-state index in [1.54, 1.807) is 10.4 Å². The molecule has 1 aliphatic heterocycles. The first-order valence-electron chi connectivity index (χ1n) is 6.15. The summed E-state index contributed by atoms with van der Waals surface area (Å²) in [5.41, 5.74) is 1.98. The maximum atomic E-state index is 3.88. The van der Waals surface area contributed by atoms with E-state index in [1.807, 2.05) is 11.3 Å². The van der Waals surface area contributed by atoms with Gasteiger partial charge in [-0.15, -0.1) is 11.3 Å². The molecular weight excluding hydrogens is 202 g/mol. The van der Waals surface area contributed by atoms with Crippen molar-refractivity contribution in [3.63, 3.8) is 0 Å². The van der Waals surface area contributed by atoms with Crippen LogP contribution in [0.15, 0.2) is 11.4 Å². The second-order valence-electron chi connectivity index (χ2n) is 5.15. The molecule has 1 nitrogen and oxygen atoms in total. The number of rotatable bonds is 0. The fourth-order valence-corrected chi connectivity index (χ4v) is 4.48. The van der Waals surface area contributed by atoms with Gasteiger partial charge in [-0.05, 0) is 43.2 Å². The van der Waals surface area contributed by atoms with Crippen molar-refractivity contribution < 1.29 is 0 Å². The number of hydrogen-bond donors (Lipinski definition) is 1. The van der Waals surface area contributed by atoms with Crippen molar-refractivity contribution in [2.75, 3.05) is 0 Å². The van der Waals surface area contributed by atoms with Crippen molar-refractivity contribution in [3.05, 3.63) is 21.9 Å². The second kappa shape index (κ2) is 3.60. The average Bonchev–Trinajstić information content (AvgIpc) is 2.67. The number of thiophene rings is 1. The van der Waals surface area contributed by atoms with Gasteiger partial charge in [-0.25, -0.2) is 0 Å². The van der Waals surface area contributed by atoms with Gasteiger partial charge in [0.1, 0.15) is 0 Å². The summed E-state index contributed by atoms with van der Waals surface area (Å²) in [6, 6.07) is 3.03. The van der Waals surface area contributed by atoms with E-state index in [2.05, 4.69) is 23.7 Å². The predicted molar refractivity (Wildman–Crippen MR) is 65.4 cm³/mol. The molecule has 0 radical (unpaired) electrons. The minimum absolute atomic E-state index is 0.352. The van der Waals surface area contributed by atoms with E-state index in [9.17, 15) is 0 Å². The molecule has 0 aromatic carbocycles. The molecule has 1 saturated carbocycles. The van der Waals surface area contributed by atoms with Gasteiger partial charge in [-0.3, -0.25) is 0 Å². The van der Waals surface area contributed by atoms with E-state index in [1.165, 1.54) is 38.5 Å². The standard InChI is InChI=1S/C13H19NS/c1-10-9-12-11(5-8-15-12)13(14-10)6-3-2-4-7-13/h5,8,10,14H,2-4,6-7,9H2,1H3. The monoisotopic (exact) mass is 221 g/mol. The van der Waals surface area contributed by atoms with Crippen LogP contribution in [0.5, 0.6) is 0 Å². The van der Waals surface area contributed by atoms with Gasteiger partial charge in [0.25, 0.3) is 0 Å². The van der Waals surface area contributed by atoms with Gasteiger partial charge in [-0.1, -0.05) is 19.3 Å². The van der Waals surface area contributed by atoms with E-state index in [-0.39, 0.29) is 0 Å². The quantitative estimate of drug-likeness (QED) is 0.707. The number of nitrogens with one attached hydrogen (secondary N) is 1. The van der Waals surface area contributed by atoms with Crippen molar-refractivity contribution in [2.45, 2.75) is 57.0 Å². The third-order valence-electron chi connectivity index (χ3n) is 3.98. The first kappa shape index (κ1) is 9.86. The maximum absolute atomic E-state index is 3.88. The molecule has 2 aliphatic rings. The van der Waals surface area contributed by atoms with Crippen molar-refractivity contribution in [1.82, 2.24) is 5.32 Å². The maximum Gasteiger partial charge on any atom is 0.0447 e. The van der Waals surface area contributed by atoms with Crippen LogP contribution in [-0.4, -0.2) is 6.04 Å². The molecule has 0 saturated heterocycles. The normalized spacial score (nSPS) is 29.0. The summed E-state index contributed by atoms with van der Waals surface area (Å²) >= 11 is 1.96. The van der Waals surface area contributed by atoms with Gasteiger partial charge >= 0.3 is 0 Å². The molecule has 1 aromatic rings. The fraction of sp³-hybridized carbons (Fsp3) is 0.692. The summed E-state index contributed by atoms with van der Waals surface area (Å²) in [7, 11) is 0. The molecule has 1 unspecified atom stereocenters. The average molecular weight is 221 g/mol. The Balaban J connectivity index is 2.02. The molecule has 1 N–H and O–H groups in total. The Hall–Kier alpha value is -0.340. The Bertz CT molecular complexity index is 349. The number of hydrogen-bond acceptors (Lipinski definition) is 2. The highest BCUT2D eigenvalue weighted by atomic mass is 32.1. The molecule has 2 heterocycles. The Morgan fingerprint density at radius 3 is 2.93 bits per heavy atom. The summed E-state index contributed by atoms with van der Waals surface area (Å²) in [6.45, 7) is 2.33. The van der Waals surface area contributed by atoms with Crippen molar-refractivity contribution in [2.24, 2.45) is 0 Å².